The van der Waals surface area contributed by atoms with Gasteiger partial charge in [0.25, 0.3) is 5.91 Å². The number of anilines is 1. The summed E-state index contributed by atoms with van der Waals surface area (Å²) in [7, 11) is 0. The van der Waals surface area contributed by atoms with Crippen LogP contribution in [0.25, 0.3) is 22.4 Å². The molecule has 0 saturated carbocycles. The lowest BCUT2D eigenvalue weighted by Crippen LogP contribution is -2.11. The van der Waals surface area contributed by atoms with Gasteiger partial charge in [-0.05, 0) is 36.4 Å². The number of aromatic amines is 1. The van der Waals surface area contributed by atoms with Crippen molar-refractivity contribution < 1.29 is 9.21 Å². The molecule has 0 radical (unpaired) electrons. The van der Waals surface area contributed by atoms with Crippen LogP contribution in [0.5, 0.6) is 0 Å². The van der Waals surface area contributed by atoms with E-state index in [2.05, 4.69) is 31.2 Å². The van der Waals surface area contributed by atoms with Crippen LogP contribution in [0.4, 0.5) is 5.13 Å². The van der Waals surface area contributed by atoms with Gasteiger partial charge < -0.3 is 4.42 Å². The molecule has 0 bridgehead atoms. The van der Waals surface area contributed by atoms with Gasteiger partial charge in [0.2, 0.25) is 0 Å². The van der Waals surface area contributed by atoms with Crippen molar-refractivity contribution in [1.29, 1.82) is 0 Å². The summed E-state index contributed by atoms with van der Waals surface area (Å²) in [6.07, 6.45) is 0. The first-order chi connectivity index (χ1) is 12.1. The number of H-pyrrole nitrogens is 1. The molecule has 0 aliphatic rings. The number of thiazole rings is 1. The van der Waals surface area contributed by atoms with E-state index in [1.54, 1.807) is 24.3 Å². The van der Waals surface area contributed by atoms with Crippen LogP contribution in [0.3, 0.4) is 0 Å². The molecule has 2 N–H and O–H groups in total. The Bertz CT molecular complexity index is 1130. The Morgan fingerprint density at radius 1 is 1.20 bits per heavy atom. The first kappa shape index (κ1) is 15.8. The zero-order chi connectivity index (χ0) is 17.4. The number of rotatable bonds is 3. The fraction of sp³-hybridized carbons (Fsp3) is 0. The molecule has 0 atom stereocenters. The Hall–Kier alpha value is -2.71. The van der Waals surface area contributed by atoms with Crippen molar-refractivity contribution in [3.63, 3.8) is 0 Å². The summed E-state index contributed by atoms with van der Waals surface area (Å²) in [5.74, 6) is -0.714. The second kappa shape index (κ2) is 6.30. The van der Waals surface area contributed by atoms with E-state index >= 15 is 0 Å². The summed E-state index contributed by atoms with van der Waals surface area (Å²) in [5, 5.41) is 5.12. The largest absolute Gasteiger partial charge is 0.417 e. The topological polar surface area (TPSA) is 88.0 Å². The number of carbonyl (C=O) groups is 1. The molecule has 0 spiro atoms. The summed E-state index contributed by atoms with van der Waals surface area (Å²) < 4.78 is 5.97. The molecule has 4 aromatic rings. The van der Waals surface area contributed by atoms with Crippen molar-refractivity contribution in [2.45, 2.75) is 0 Å². The fourth-order valence-corrected chi connectivity index (χ4v) is 3.32. The number of hydrogen-bond donors (Lipinski definition) is 2. The number of amides is 1. The zero-order valence-electron chi connectivity index (χ0n) is 12.6. The van der Waals surface area contributed by atoms with Crippen molar-refractivity contribution in [3.05, 3.63) is 68.4 Å². The number of aromatic nitrogens is 2. The van der Waals surface area contributed by atoms with E-state index in [9.17, 15) is 9.59 Å². The number of hydrogen-bond acceptors (Lipinski definition) is 5. The van der Waals surface area contributed by atoms with Gasteiger partial charge in [0, 0.05) is 21.0 Å². The van der Waals surface area contributed by atoms with Gasteiger partial charge in [-0.15, -0.1) is 11.3 Å². The molecule has 2 aromatic heterocycles. The fourth-order valence-electron chi connectivity index (χ4n) is 2.34. The number of carbonyl (C=O) groups excluding carboxylic acids is 1. The Labute approximate surface area is 153 Å². The minimum Gasteiger partial charge on any atom is -0.408 e. The van der Waals surface area contributed by atoms with E-state index < -0.39 is 5.76 Å². The molecule has 8 heteroatoms. The van der Waals surface area contributed by atoms with Crippen molar-refractivity contribution in [3.8, 4) is 11.3 Å². The van der Waals surface area contributed by atoms with E-state index in [0.29, 0.717) is 27.5 Å². The van der Waals surface area contributed by atoms with Gasteiger partial charge >= 0.3 is 5.76 Å². The average molecular weight is 416 g/mol. The summed E-state index contributed by atoms with van der Waals surface area (Å²) in [5.41, 5.74) is 3.15. The zero-order valence-corrected chi connectivity index (χ0v) is 15.0. The Morgan fingerprint density at radius 3 is 2.80 bits per heavy atom. The molecule has 0 aliphatic carbocycles. The van der Waals surface area contributed by atoms with Gasteiger partial charge in [-0.3, -0.25) is 15.1 Å². The quantitative estimate of drug-likeness (QED) is 0.523. The molecule has 6 nitrogen and oxygen atoms in total. The molecular formula is C17H10BrN3O3S. The molecule has 25 heavy (non-hydrogen) atoms. The minimum atomic E-state index is -0.493. The Balaban J connectivity index is 1.57. The van der Waals surface area contributed by atoms with E-state index in [1.165, 1.54) is 11.3 Å². The third-order valence-corrected chi connectivity index (χ3v) is 4.83. The molecule has 2 heterocycles. The average Bonchev–Trinajstić information content (AvgIpc) is 3.20. The molecule has 0 fully saturated rings. The van der Waals surface area contributed by atoms with Crippen LogP contribution in [-0.4, -0.2) is 15.9 Å². The third-order valence-electron chi connectivity index (χ3n) is 3.55. The van der Waals surface area contributed by atoms with Gasteiger partial charge in [-0.1, -0.05) is 22.0 Å². The molecule has 124 valence electrons. The van der Waals surface area contributed by atoms with Crippen LogP contribution in [0, 0.1) is 0 Å². The van der Waals surface area contributed by atoms with Crippen LogP contribution in [0.2, 0.25) is 0 Å². The molecule has 2 aromatic carbocycles. The highest BCUT2D eigenvalue weighted by atomic mass is 79.9. The summed E-state index contributed by atoms with van der Waals surface area (Å²) in [4.78, 5) is 30.5. The highest BCUT2D eigenvalue weighted by Gasteiger charge is 2.11. The molecule has 4 rings (SSSR count). The number of fused-ring (bicyclic) bond motifs is 1. The second-order valence-corrected chi connectivity index (χ2v) is 7.00. The Morgan fingerprint density at radius 2 is 2.00 bits per heavy atom. The maximum atomic E-state index is 12.2. The smallest absolute Gasteiger partial charge is 0.408 e. The lowest BCUT2D eigenvalue weighted by atomic mass is 10.1. The van der Waals surface area contributed by atoms with E-state index in [4.69, 9.17) is 4.42 Å². The number of benzene rings is 2. The van der Waals surface area contributed by atoms with E-state index in [-0.39, 0.29) is 5.91 Å². The normalized spacial score (nSPS) is 10.9. The molecule has 0 aliphatic heterocycles. The number of nitrogens with zero attached hydrogens (tertiary/aromatic N) is 1. The predicted molar refractivity (Wildman–Crippen MR) is 100 cm³/mol. The van der Waals surface area contributed by atoms with Crippen LogP contribution in [0.1, 0.15) is 10.4 Å². The first-order valence-corrected chi connectivity index (χ1v) is 8.91. The third kappa shape index (κ3) is 3.26. The summed E-state index contributed by atoms with van der Waals surface area (Å²) >= 11 is 4.67. The summed E-state index contributed by atoms with van der Waals surface area (Å²) in [6.45, 7) is 0. The number of nitrogens with one attached hydrogen (secondary N) is 2. The number of halogens is 1. The van der Waals surface area contributed by atoms with Gasteiger partial charge in [0.05, 0.1) is 11.2 Å². The maximum absolute atomic E-state index is 12.2. The Kier molecular flexibility index (Phi) is 3.98. The van der Waals surface area contributed by atoms with Crippen molar-refractivity contribution in [2.24, 2.45) is 0 Å². The van der Waals surface area contributed by atoms with Crippen molar-refractivity contribution >= 4 is 49.4 Å². The van der Waals surface area contributed by atoms with Crippen LogP contribution in [0.15, 0.2) is 61.5 Å². The van der Waals surface area contributed by atoms with Crippen molar-refractivity contribution in [2.75, 3.05) is 5.32 Å². The molecule has 0 unspecified atom stereocenters. The monoisotopic (exact) mass is 415 g/mol. The predicted octanol–water partition coefficient (Wildman–Crippen LogP) is 4.26. The van der Waals surface area contributed by atoms with Gasteiger partial charge in [-0.25, -0.2) is 9.78 Å². The van der Waals surface area contributed by atoms with E-state index in [1.807, 2.05) is 23.6 Å². The van der Waals surface area contributed by atoms with Crippen LogP contribution < -0.4 is 11.1 Å². The second-order valence-electron chi connectivity index (χ2n) is 5.22. The minimum absolute atomic E-state index is 0.222. The molecule has 1 amide bonds. The molecule has 0 saturated heterocycles. The SMILES string of the molecule is O=C(Nc1nc(-c2ccc3[nH]c(=O)oc3c2)cs1)c1ccc(Br)cc1. The highest BCUT2D eigenvalue weighted by Crippen LogP contribution is 2.27. The lowest BCUT2D eigenvalue weighted by Gasteiger charge is -2.01. The summed E-state index contributed by atoms with van der Waals surface area (Å²) in [6, 6.07) is 12.4. The van der Waals surface area contributed by atoms with Gasteiger partial charge in [-0.2, -0.15) is 0 Å². The maximum Gasteiger partial charge on any atom is 0.417 e. The van der Waals surface area contributed by atoms with E-state index in [0.717, 1.165) is 10.0 Å². The first-order valence-electron chi connectivity index (χ1n) is 7.24. The van der Waals surface area contributed by atoms with Crippen LogP contribution in [-0.2, 0) is 0 Å². The highest BCUT2D eigenvalue weighted by molar-refractivity contribution is 9.10. The molecular weight excluding hydrogens is 406 g/mol. The van der Waals surface area contributed by atoms with Gasteiger partial charge in [0.1, 0.15) is 0 Å². The van der Waals surface area contributed by atoms with Crippen molar-refractivity contribution in [1.82, 2.24) is 9.97 Å². The van der Waals surface area contributed by atoms with Crippen LogP contribution >= 0.6 is 27.3 Å². The lowest BCUT2D eigenvalue weighted by molar-refractivity contribution is 0.102. The number of oxazole rings is 1. The standard InChI is InChI=1S/C17H10BrN3O3S/c18-11-4-1-9(2-5-11)15(22)21-16-19-13(8-25-16)10-3-6-12-14(7-10)24-17(23)20-12/h1-8H,(H,20,23)(H,19,21,22). The van der Waals surface area contributed by atoms with Gasteiger partial charge in [0.15, 0.2) is 10.7 Å².